The van der Waals surface area contributed by atoms with E-state index < -0.39 is 0 Å². The van der Waals surface area contributed by atoms with Gasteiger partial charge in [0, 0.05) is 22.9 Å². The van der Waals surface area contributed by atoms with Crippen LogP contribution in [0.2, 0.25) is 0 Å². The molecule has 0 aliphatic heterocycles. The van der Waals surface area contributed by atoms with Gasteiger partial charge >= 0.3 is 0 Å². The van der Waals surface area contributed by atoms with E-state index in [2.05, 4.69) is 20.9 Å². The summed E-state index contributed by atoms with van der Waals surface area (Å²) in [6.45, 7) is 2.89. The Hall–Kier alpha value is -1.000. The molecular weight excluding hydrogens is 258 g/mol. The van der Waals surface area contributed by atoms with Crippen molar-refractivity contribution in [3.8, 4) is 0 Å². The zero-order valence-corrected chi connectivity index (χ0v) is 10.0. The van der Waals surface area contributed by atoms with Crippen LogP contribution in [0, 0.1) is 0 Å². The molecule has 0 aromatic heterocycles. The van der Waals surface area contributed by atoms with E-state index in [1.54, 1.807) is 18.2 Å². The van der Waals surface area contributed by atoms with E-state index in [4.69, 9.17) is 4.74 Å². The van der Waals surface area contributed by atoms with Crippen LogP contribution in [0.3, 0.4) is 0 Å². The monoisotopic (exact) mass is 269 g/mol. The fourth-order valence-corrected chi connectivity index (χ4v) is 1.39. The first-order valence-electron chi connectivity index (χ1n) is 4.64. The van der Waals surface area contributed by atoms with Crippen molar-refractivity contribution >= 4 is 28.1 Å². The Labute approximate surface area is 97.3 Å². The number of aliphatic imine (C=N–C) groups is 1. The van der Waals surface area contributed by atoms with E-state index in [1.807, 2.05) is 13.0 Å². The Kier molecular flexibility index (Phi) is 5.21. The number of halogens is 1. The number of benzene rings is 1. The summed E-state index contributed by atoms with van der Waals surface area (Å²) in [5.74, 6) is -0.254. The molecule has 0 heterocycles. The number of carbonyl (C=O) groups is 1. The highest BCUT2D eigenvalue weighted by Crippen LogP contribution is 2.12. The van der Waals surface area contributed by atoms with E-state index in [0.29, 0.717) is 18.8 Å². The highest BCUT2D eigenvalue weighted by atomic mass is 79.9. The molecular formula is C11H12BrNO2. The molecule has 0 bridgehead atoms. The van der Waals surface area contributed by atoms with Crippen molar-refractivity contribution in [1.29, 1.82) is 0 Å². The van der Waals surface area contributed by atoms with E-state index in [-0.39, 0.29) is 5.91 Å². The van der Waals surface area contributed by atoms with E-state index in [9.17, 15) is 4.79 Å². The van der Waals surface area contributed by atoms with Gasteiger partial charge in [0.1, 0.15) is 0 Å². The Morgan fingerprint density at radius 2 is 2.40 bits per heavy atom. The average molecular weight is 270 g/mol. The molecule has 0 aliphatic carbocycles. The highest BCUT2D eigenvalue weighted by molar-refractivity contribution is 9.10. The lowest BCUT2D eigenvalue weighted by molar-refractivity contribution is 0.100. The number of nitrogens with zero attached hydrogens (tertiary/aromatic N) is 1. The second-order valence-corrected chi connectivity index (χ2v) is 3.70. The van der Waals surface area contributed by atoms with Crippen LogP contribution >= 0.6 is 15.9 Å². The zero-order chi connectivity index (χ0) is 11.1. The third-order valence-electron chi connectivity index (χ3n) is 1.68. The Morgan fingerprint density at radius 1 is 1.60 bits per heavy atom. The van der Waals surface area contributed by atoms with Crippen LogP contribution in [0.4, 0.5) is 0 Å². The van der Waals surface area contributed by atoms with Crippen molar-refractivity contribution in [3.63, 3.8) is 0 Å². The molecule has 1 aromatic carbocycles. The minimum atomic E-state index is -0.254. The number of rotatable bonds is 4. The number of amides is 1. The predicted octanol–water partition coefficient (Wildman–Crippen LogP) is 2.70. The molecule has 80 valence electrons. The van der Waals surface area contributed by atoms with Gasteiger partial charge in [-0.1, -0.05) is 22.0 Å². The molecule has 1 amide bonds. The predicted molar refractivity (Wildman–Crippen MR) is 63.5 cm³/mol. The molecule has 0 saturated heterocycles. The molecule has 1 rings (SSSR count). The van der Waals surface area contributed by atoms with Crippen molar-refractivity contribution < 1.29 is 9.53 Å². The first-order chi connectivity index (χ1) is 7.24. The molecule has 0 fully saturated rings. The Balaban J connectivity index is 2.57. The lowest BCUT2D eigenvalue weighted by atomic mass is 10.2. The summed E-state index contributed by atoms with van der Waals surface area (Å²) in [5, 5.41) is 0. The molecule has 0 unspecified atom stereocenters. The van der Waals surface area contributed by atoms with E-state index in [0.717, 1.165) is 4.47 Å². The maximum absolute atomic E-state index is 11.5. The van der Waals surface area contributed by atoms with Gasteiger partial charge in [0.15, 0.2) is 0 Å². The third-order valence-corrected chi connectivity index (χ3v) is 2.17. The van der Waals surface area contributed by atoms with Gasteiger partial charge in [-0.15, -0.1) is 0 Å². The Bertz CT molecular complexity index is 363. The molecule has 0 N–H and O–H groups in total. The van der Waals surface area contributed by atoms with Gasteiger partial charge < -0.3 is 4.74 Å². The summed E-state index contributed by atoms with van der Waals surface area (Å²) in [6.07, 6.45) is 1.48. The minimum Gasteiger partial charge on any atom is -0.376 e. The molecule has 0 aliphatic rings. The van der Waals surface area contributed by atoms with Gasteiger partial charge in [0.05, 0.1) is 6.61 Å². The summed E-state index contributed by atoms with van der Waals surface area (Å²) >= 11 is 3.29. The summed E-state index contributed by atoms with van der Waals surface area (Å²) in [7, 11) is 0. The molecule has 3 nitrogen and oxygen atoms in total. The summed E-state index contributed by atoms with van der Waals surface area (Å²) in [4.78, 5) is 15.2. The van der Waals surface area contributed by atoms with Crippen LogP contribution in [0.25, 0.3) is 0 Å². The second kappa shape index (κ2) is 6.48. The average Bonchev–Trinajstić information content (AvgIpc) is 2.24. The first-order valence-corrected chi connectivity index (χ1v) is 5.43. The summed E-state index contributed by atoms with van der Waals surface area (Å²) in [6, 6.07) is 7.13. The molecule has 0 saturated carbocycles. The number of ether oxygens (including phenoxy) is 1. The Morgan fingerprint density at radius 3 is 3.07 bits per heavy atom. The lowest BCUT2D eigenvalue weighted by Crippen LogP contribution is -1.99. The van der Waals surface area contributed by atoms with Crippen LogP contribution in [-0.4, -0.2) is 25.3 Å². The van der Waals surface area contributed by atoms with Crippen LogP contribution in [0.5, 0.6) is 0 Å². The normalized spacial score (nSPS) is 10.8. The topological polar surface area (TPSA) is 38.7 Å². The standard InChI is InChI=1S/C11H12BrNO2/c1-2-15-7-6-13-11(14)9-4-3-5-10(12)8-9/h3-6,8H,2,7H2,1H3. The van der Waals surface area contributed by atoms with Crippen molar-refractivity contribution in [2.75, 3.05) is 13.2 Å². The quantitative estimate of drug-likeness (QED) is 0.623. The molecule has 15 heavy (non-hydrogen) atoms. The zero-order valence-electron chi connectivity index (χ0n) is 8.44. The molecule has 4 heteroatoms. The third kappa shape index (κ3) is 4.36. The largest absolute Gasteiger partial charge is 0.376 e. The van der Waals surface area contributed by atoms with Crippen molar-refractivity contribution in [2.45, 2.75) is 6.92 Å². The van der Waals surface area contributed by atoms with Crippen LogP contribution in [0.15, 0.2) is 33.7 Å². The van der Waals surface area contributed by atoms with Gasteiger partial charge in [-0.25, -0.2) is 4.99 Å². The molecule has 0 spiro atoms. The fourth-order valence-electron chi connectivity index (χ4n) is 0.987. The van der Waals surface area contributed by atoms with E-state index >= 15 is 0 Å². The number of hydrogen-bond donors (Lipinski definition) is 0. The summed E-state index contributed by atoms with van der Waals surface area (Å²) < 4.78 is 5.90. The van der Waals surface area contributed by atoms with Crippen molar-refractivity contribution in [2.24, 2.45) is 4.99 Å². The van der Waals surface area contributed by atoms with Gasteiger partial charge in [0.25, 0.3) is 5.91 Å². The van der Waals surface area contributed by atoms with Crippen LogP contribution in [-0.2, 0) is 4.74 Å². The second-order valence-electron chi connectivity index (χ2n) is 2.79. The maximum Gasteiger partial charge on any atom is 0.276 e. The van der Waals surface area contributed by atoms with Gasteiger partial charge in [-0.05, 0) is 25.1 Å². The summed E-state index contributed by atoms with van der Waals surface area (Å²) in [5.41, 5.74) is 0.567. The fraction of sp³-hybridized carbons (Fsp3) is 0.273. The number of hydrogen-bond acceptors (Lipinski definition) is 2. The first kappa shape index (κ1) is 12.1. The van der Waals surface area contributed by atoms with Crippen LogP contribution in [0.1, 0.15) is 17.3 Å². The lowest BCUT2D eigenvalue weighted by Gasteiger charge is -1.96. The van der Waals surface area contributed by atoms with Crippen LogP contribution < -0.4 is 0 Å². The van der Waals surface area contributed by atoms with E-state index in [1.165, 1.54) is 6.21 Å². The van der Waals surface area contributed by atoms with Gasteiger partial charge in [0.2, 0.25) is 0 Å². The highest BCUT2D eigenvalue weighted by Gasteiger charge is 2.02. The van der Waals surface area contributed by atoms with Gasteiger partial charge in [-0.2, -0.15) is 0 Å². The molecule has 0 radical (unpaired) electrons. The molecule has 1 aromatic rings. The minimum absolute atomic E-state index is 0.254. The van der Waals surface area contributed by atoms with Crippen molar-refractivity contribution in [1.82, 2.24) is 0 Å². The SMILES string of the molecule is CCOCC=NC(=O)c1cccc(Br)c1. The molecule has 0 atom stereocenters. The maximum atomic E-state index is 11.5. The smallest absolute Gasteiger partial charge is 0.276 e. The number of carbonyl (C=O) groups excluding carboxylic acids is 1. The van der Waals surface area contributed by atoms with Crippen molar-refractivity contribution in [3.05, 3.63) is 34.3 Å². The van der Waals surface area contributed by atoms with Gasteiger partial charge in [-0.3, -0.25) is 4.79 Å².